The number of carbonyl (C=O) groups excluding carboxylic acids is 1. The van der Waals surface area contributed by atoms with E-state index in [1.165, 1.54) is 0 Å². The van der Waals surface area contributed by atoms with Crippen LogP contribution >= 0.6 is 11.6 Å². The van der Waals surface area contributed by atoms with Gasteiger partial charge in [0.15, 0.2) is 0 Å². The van der Waals surface area contributed by atoms with Gasteiger partial charge in [-0.3, -0.25) is 4.90 Å². The van der Waals surface area contributed by atoms with Crippen molar-refractivity contribution in [3.05, 3.63) is 29.3 Å². The zero-order valence-electron chi connectivity index (χ0n) is 15.7. The van der Waals surface area contributed by atoms with Crippen molar-refractivity contribution >= 4 is 17.6 Å². The summed E-state index contributed by atoms with van der Waals surface area (Å²) in [6, 6.07) is 7.78. The number of hydrogen-bond donors (Lipinski definition) is 1. The van der Waals surface area contributed by atoms with Crippen LogP contribution in [0.4, 0.5) is 4.79 Å². The molecule has 0 radical (unpaired) electrons. The first kappa shape index (κ1) is 19.3. The fourth-order valence-electron chi connectivity index (χ4n) is 3.45. The van der Waals surface area contributed by atoms with Crippen LogP contribution in [0.3, 0.4) is 0 Å². The minimum atomic E-state index is 0.00326. The Bertz CT molecular complexity index is 601. The number of carbonyl (C=O) groups is 1. The maximum absolute atomic E-state index is 12.3. The lowest BCUT2D eigenvalue weighted by Gasteiger charge is -2.40. The Morgan fingerprint density at radius 1 is 1.31 bits per heavy atom. The molecule has 0 saturated carbocycles. The SMILES string of the molecule is CC[C@@H](CNC(=O)N1CC(Oc2cccc(Cl)c2)C1)N1CCN(C)CC1. The largest absolute Gasteiger partial charge is 0.487 e. The molecule has 1 aromatic carbocycles. The molecular formula is C19H29ClN4O2. The van der Waals surface area contributed by atoms with Crippen molar-refractivity contribution in [1.82, 2.24) is 20.0 Å². The molecule has 1 aromatic rings. The van der Waals surface area contributed by atoms with Crippen molar-refractivity contribution in [1.29, 1.82) is 0 Å². The Kier molecular flexibility index (Phi) is 6.62. The molecule has 2 amide bonds. The molecule has 2 aliphatic rings. The third-order valence-corrected chi connectivity index (χ3v) is 5.48. The van der Waals surface area contributed by atoms with E-state index in [0.29, 0.717) is 30.7 Å². The lowest BCUT2D eigenvalue weighted by molar-refractivity contribution is 0.0429. The van der Waals surface area contributed by atoms with Crippen LogP contribution in [-0.2, 0) is 0 Å². The number of benzene rings is 1. The summed E-state index contributed by atoms with van der Waals surface area (Å²) in [5, 5.41) is 3.75. The van der Waals surface area contributed by atoms with E-state index in [4.69, 9.17) is 16.3 Å². The number of urea groups is 1. The van der Waals surface area contributed by atoms with E-state index in [1.807, 2.05) is 18.2 Å². The van der Waals surface area contributed by atoms with Gasteiger partial charge in [0.2, 0.25) is 0 Å². The van der Waals surface area contributed by atoms with Gasteiger partial charge in [0.05, 0.1) is 13.1 Å². The molecule has 1 atom stereocenters. The minimum absolute atomic E-state index is 0.00326. The van der Waals surface area contributed by atoms with Gasteiger partial charge in [0, 0.05) is 43.8 Å². The Balaban J connectivity index is 1.38. The van der Waals surface area contributed by atoms with Gasteiger partial charge in [-0.1, -0.05) is 24.6 Å². The van der Waals surface area contributed by atoms with Crippen molar-refractivity contribution in [2.75, 3.05) is 52.9 Å². The van der Waals surface area contributed by atoms with Crippen LogP contribution in [0.1, 0.15) is 13.3 Å². The predicted molar refractivity (Wildman–Crippen MR) is 104 cm³/mol. The highest BCUT2D eigenvalue weighted by molar-refractivity contribution is 6.30. The standard InChI is InChI=1S/C19H29ClN4O2/c1-3-16(23-9-7-22(2)8-10-23)12-21-19(25)24-13-18(14-24)26-17-6-4-5-15(20)11-17/h4-6,11,16,18H,3,7-10,12-14H2,1-2H3,(H,21,25)/t16-/m0/s1. The molecule has 0 aliphatic carbocycles. The second kappa shape index (κ2) is 8.93. The molecule has 144 valence electrons. The van der Waals surface area contributed by atoms with E-state index < -0.39 is 0 Å². The molecule has 3 rings (SSSR count). The first-order valence-electron chi connectivity index (χ1n) is 9.42. The summed E-state index contributed by atoms with van der Waals surface area (Å²) in [5.74, 6) is 0.753. The van der Waals surface area contributed by atoms with Gasteiger partial charge in [0.1, 0.15) is 11.9 Å². The van der Waals surface area contributed by atoms with Gasteiger partial charge in [-0.05, 0) is 31.7 Å². The predicted octanol–water partition coefficient (Wildman–Crippen LogP) is 2.14. The van der Waals surface area contributed by atoms with Crippen LogP contribution in [0, 0.1) is 0 Å². The molecule has 0 aromatic heterocycles. The third-order valence-electron chi connectivity index (χ3n) is 5.25. The van der Waals surface area contributed by atoms with Crippen LogP contribution in [0.2, 0.25) is 5.02 Å². The number of piperazine rings is 1. The van der Waals surface area contributed by atoms with Gasteiger partial charge in [0.25, 0.3) is 0 Å². The average molecular weight is 381 g/mol. The quantitative estimate of drug-likeness (QED) is 0.821. The van der Waals surface area contributed by atoms with E-state index in [2.05, 4.69) is 29.1 Å². The average Bonchev–Trinajstić information content (AvgIpc) is 2.59. The van der Waals surface area contributed by atoms with Crippen molar-refractivity contribution in [3.63, 3.8) is 0 Å². The second-order valence-corrected chi connectivity index (χ2v) is 7.63. The van der Waals surface area contributed by atoms with Crippen LogP contribution in [0.5, 0.6) is 5.75 Å². The van der Waals surface area contributed by atoms with E-state index >= 15 is 0 Å². The van der Waals surface area contributed by atoms with Gasteiger partial charge < -0.3 is 19.9 Å². The summed E-state index contributed by atoms with van der Waals surface area (Å²) in [6.45, 7) is 8.46. The number of ether oxygens (including phenoxy) is 1. The Hall–Kier alpha value is -1.50. The monoisotopic (exact) mass is 380 g/mol. The van der Waals surface area contributed by atoms with Crippen molar-refractivity contribution in [2.45, 2.75) is 25.5 Å². The number of likely N-dealkylation sites (tertiary alicyclic amines) is 1. The number of nitrogens with one attached hydrogen (secondary N) is 1. The highest BCUT2D eigenvalue weighted by Gasteiger charge is 2.32. The zero-order chi connectivity index (χ0) is 18.5. The van der Waals surface area contributed by atoms with Gasteiger partial charge in [-0.25, -0.2) is 4.79 Å². The van der Waals surface area contributed by atoms with E-state index in [-0.39, 0.29) is 12.1 Å². The molecule has 26 heavy (non-hydrogen) atoms. The molecule has 7 heteroatoms. The first-order valence-corrected chi connectivity index (χ1v) is 9.80. The molecule has 0 spiro atoms. The number of halogens is 1. The number of likely N-dealkylation sites (N-methyl/N-ethyl adjacent to an activating group) is 1. The molecular weight excluding hydrogens is 352 g/mol. The lowest BCUT2D eigenvalue weighted by atomic mass is 10.1. The molecule has 2 heterocycles. The Labute approximate surface area is 161 Å². The van der Waals surface area contributed by atoms with E-state index in [9.17, 15) is 4.79 Å². The highest BCUT2D eigenvalue weighted by atomic mass is 35.5. The Morgan fingerprint density at radius 2 is 2.04 bits per heavy atom. The topological polar surface area (TPSA) is 48.1 Å². The van der Waals surface area contributed by atoms with Crippen molar-refractivity contribution in [3.8, 4) is 5.75 Å². The molecule has 2 saturated heterocycles. The maximum Gasteiger partial charge on any atom is 0.317 e. The molecule has 2 fully saturated rings. The van der Waals surface area contributed by atoms with Crippen molar-refractivity contribution in [2.24, 2.45) is 0 Å². The summed E-state index contributed by atoms with van der Waals surface area (Å²) in [7, 11) is 2.16. The van der Waals surface area contributed by atoms with Crippen LogP contribution < -0.4 is 10.1 Å². The summed E-state index contributed by atoms with van der Waals surface area (Å²) < 4.78 is 5.84. The van der Waals surface area contributed by atoms with Gasteiger partial charge >= 0.3 is 6.03 Å². The fourth-order valence-corrected chi connectivity index (χ4v) is 3.63. The first-order chi connectivity index (χ1) is 12.5. The van der Waals surface area contributed by atoms with Gasteiger partial charge in [-0.2, -0.15) is 0 Å². The number of rotatable bonds is 6. The second-order valence-electron chi connectivity index (χ2n) is 7.19. The number of hydrogen-bond acceptors (Lipinski definition) is 4. The number of nitrogens with zero attached hydrogens (tertiary/aromatic N) is 3. The third kappa shape index (κ3) is 5.02. The summed E-state index contributed by atoms with van der Waals surface area (Å²) in [4.78, 5) is 19.0. The molecule has 6 nitrogen and oxygen atoms in total. The number of amides is 2. The molecule has 0 unspecified atom stereocenters. The molecule has 1 N–H and O–H groups in total. The van der Waals surface area contributed by atoms with Gasteiger partial charge in [-0.15, -0.1) is 0 Å². The zero-order valence-corrected chi connectivity index (χ0v) is 16.4. The van der Waals surface area contributed by atoms with Crippen LogP contribution in [0.25, 0.3) is 0 Å². The molecule has 2 aliphatic heterocycles. The summed E-state index contributed by atoms with van der Waals surface area (Å²) in [5.41, 5.74) is 0. The lowest BCUT2D eigenvalue weighted by Crippen LogP contribution is -2.60. The minimum Gasteiger partial charge on any atom is -0.487 e. The molecule has 0 bridgehead atoms. The summed E-state index contributed by atoms with van der Waals surface area (Å²) in [6.07, 6.45) is 1.09. The smallest absolute Gasteiger partial charge is 0.317 e. The maximum atomic E-state index is 12.3. The van der Waals surface area contributed by atoms with E-state index in [1.54, 1.807) is 11.0 Å². The van der Waals surface area contributed by atoms with Crippen molar-refractivity contribution < 1.29 is 9.53 Å². The Morgan fingerprint density at radius 3 is 2.69 bits per heavy atom. The fraction of sp³-hybridized carbons (Fsp3) is 0.632. The highest BCUT2D eigenvalue weighted by Crippen LogP contribution is 2.21. The van der Waals surface area contributed by atoms with Crippen LogP contribution in [-0.4, -0.2) is 85.7 Å². The van der Waals surface area contributed by atoms with E-state index in [0.717, 1.165) is 38.3 Å². The van der Waals surface area contributed by atoms with Crippen LogP contribution in [0.15, 0.2) is 24.3 Å². The normalized spacial score (nSPS) is 20.5. The summed E-state index contributed by atoms with van der Waals surface area (Å²) >= 11 is 5.96.